The smallest absolute Gasteiger partial charge is 0.350 e. The van der Waals surface area contributed by atoms with Gasteiger partial charge < -0.3 is 13.9 Å². The van der Waals surface area contributed by atoms with E-state index in [4.69, 9.17) is 13.9 Å². The summed E-state index contributed by atoms with van der Waals surface area (Å²) in [5, 5.41) is 6.88. The first kappa shape index (κ1) is 23.4. The van der Waals surface area contributed by atoms with Crippen molar-refractivity contribution < 1.29 is 33.1 Å². The maximum atomic E-state index is 12.4. The summed E-state index contributed by atoms with van der Waals surface area (Å²) in [6.07, 6.45) is 0. The molecule has 0 saturated carbocycles. The second-order valence-electron chi connectivity index (χ2n) is 6.58. The average molecular weight is 477 g/mol. The summed E-state index contributed by atoms with van der Waals surface area (Å²) >= 11 is 2.69. The number of anilines is 1. The standard InChI is InChI=1S/C21H20N2O7S2/c1-5-28-20(26)16-15(11(3)24)12(4)30-18(16)23-14(25)8-29-21(27)17-10(2)22-19(32-17)13-6-7-31-9-13/h6-7,9H,5,8H2,1-4H3,(H,23,25). The van der Waals surface area contributed by atoms with Crippen LogP contribution in [0.4, 0.5) is 5.88 Å². The highest BCUT2D eigenvalue weighted by molar-refractivity contribution is 7.17. The second-order valence-corrected chi connectivity index (χ2v) is 8.36. The lowest BCUT2D eigenvalue weighted by Gasteiger charge is -2.07. The van der Waals surface area contributed by atoms with Crippen molar-refractivity contribution in [1.29, 1.82) is 0 Å². The predicted molar refractivity (Wildman–Crippen MR) is 118 cm³/mol. The molecule has 3 aromatic heterocycles. The van der Waals surface area contributed by atoms with Crippen LogP contribution >= 0.6 is 22.7 Å². The molecule has 0 aliphatic carbocycles. The summed E-state index contributed by atoms with van der Waals surface area (Å²) in [6, 6.07) is 1.90. The largest absolute Gasteiger partial charge is 0.462 e. The van der Waals surface area contributed by atoms with Crippen molar-refractivity contribution in [2.75, 3.05) is 18.5 Å². The van der Waals surface area contributed by atoms with E-state index in [1.165, 1.54) is 36.5 Å². The van der Waals surface area contributed by atoms with Gasteiger partial charge in [-0.2, -0.15) is 11.3 Å². The molecule has 3 heterocycles. The van der Waals surface area contributed by atoms with Gasteiger partial charge in [0.05, 0.1) is 17.9 Å². The number of carbonyl (C=O) groups excluding carboxylic acids is 4. The van der Waals surface area contributed by atoms with Crippen LogP contribution < -0.4 is 5.32 Å². The summed E-state index contributed by atoms with van der Waals surface area (Å²) < 4.78 is 15.5. The monoisotopic (exact) mass is 476 g/mol. The molecule has 9 nitrogen and oxygen atoms in total. The van der Waals surface area contributed by atoms with Crippen LogP contribution in [0.15, 0.2) is 21.2 Å². The molecule has 0 aromatic carbocycles. The van der Waals surface area contributed by atoms with Gasteiger partial charge in [0.15, 0.2) is 12.4 Å². The summed E-state index contributed by atoms with van der Waals surface area (Å²) in [4.78, 5) is 53.7. The number of rotatable bonds is 8. The molecule has 0 spiro atoms. The van der Waals surface area contributed by atoms with Gasteiger partial charge in [-0.05, 0) is 39.1 Å². The summed E-state index contributed by atoms with van der Waals surface area (Å²) in [5.41, 5.74) is 1.26. The lowest BCUT2D eigenvalue weighted by atomic mass is 10.1. The Labute approximate surface area is 191 Å². The number of Topliss-reactive ketones (excluding diaryl/α,β-unsaturated/α-hetero) is 1. The van der Waals surface area contributed by atoms with E-state index in [-0.39, 0.29) is 29.4 Å². The van der Waals surface area contributed by atoms with E-state index in [2.05, 4.69) is 10.3 Å². The third kappa shape index (κ3) is 4.94. The Morgan fingerprint density at radius 3 is 2.50 bits per heavy atom. The molecule has 0 aliphatic rings. The van der Waals surface area contributed by atoms with Crippen LogP contribution in [0.2, 0.25) is 0 Å². The number of furan rings is 1. The number of hydrogen-bond acceptors (Lipinski definition) is 10. The number of amides is 1. The fourth-order valence-electron chi connectivity index (χ4n) is 2.91. The maximum Gasteiger partial charge on any atom is 0.350 e. The molecule has 3 rings (SSSR count). The van der Waals surface area contributed by atoms with Crippen LogP contribution in [0.25, 0.3) is 10.6 Å². The van der Waals surface area contributed by atoms with E-state index >= 15 is 0 Å². The molecule has 3 aromatic rings. The summed E-state index contributed by atoms with van der Waals surface area (Å²) in [7, 11) is 0. The zero-order valence-corrected chi connectivity index (χ0v) is 19.4. The molecular weight excluding hydrogens is 456 g/mol. The minimum atomic E-state index is -0.803. The highest BCUT2D eigenvalue weighted by Gasteiger charge is 2.29. The zero-order chi connectivity index (χ0) is 23.4. The van der Waals surface area contributed by atoms with Crippen LogP contribution in [0, 0.1) is 13.8 Å². The lowest BCUT2D eigenvalue weighted by molar-refractivity contribution is -0.119. The van der Waals surface area contributed by atoms with E-state index in [1.54, 1.807) is 13.8 Å². The minimum Gasteiger partial charge on any atom is -0.462 e. The molecule has 1 N–H and O–H groups in total. The second kappa shape index (κ2) is 9.88. The Kier molecular flexibility index (Phi) is 7.21. The fraction of sp³-hybridized carbons (Fsp3) is 0.286. The van der Waals surface area contributed by atoms with Crippen LogP contribution in [-0.2, 0) is 14.3 Å². The van der Waals surface area contributed by atoms with Crippen molar-refractivity contribution in [3.63, 3.8) is 0 Å². The average Bonchev–Trinajstić information content (AvgIpc) is 3.45. The van der Waals surface area contributed by atoms with Crippen LogP contribution in [0.1, 0.15) is 55.7 Å². The van der Waals surface area contributed by atoms with Gasteiger partial charge in [0.2, 0.25) is 5.88 Å². The Hall–Kier alpha value is -3.31. The minimum absolute atomic E-state index is 0.0250. The number of ether oxygens (including phenoxy) is 2. The molecule has 0 bridgehead atoms. The zero-order valence-electron chi connectivity index (χ0n) is 17.8. The van der Waals surface area contributed by atoms with Gasteiger partial charge in [-0.3, -0.25) is 14.9 Å². The van der Waals surface area contributed by atoms with E-state index < -0.39 is 30.2 Å². The normalized spacial score (nSPS) is 10.6. The molecule has 168 valence electrons. The third-order valence-electron chi connectivity index (χ3n) is 4.25. The van der Waals surface area contributed by atoms with Gasteiger partial charge in [0.1, 0.15) is 21.2 Å². The first-order valence-electron chi connectivity index (χ1n) is 9.51. The quantitative estimate of drug-likeness (QED) is 0.378. The SMILES string of the molecule is CCOC(=O)c1c(NC(=O)COC(=O)c2sc(-c3ccsc3)nc2C)oc(C)c1C(C)=O. The van der Waals surface area contributed by atoms with Crippen molar-refractivity contribution in [2.24, 2.45) is 0 Å². The van der Waals surface area contributed by atoms with Crippen molar-refractivity contribution in [1.82, 2.24) is 4.98 Å². The van der Waals surface area contributed by atoms with E-state index in [0.29, 0.717) is 15.6 Å². The van der Waals surface area contributed by atoms with Crippen molar-refractivity contribution in [3.05, 3.63) is 44.3 Å². The Balaban J connectivity index is 1.70. The number of carbonyl (C=O) groups is 4. The molecule has 32 heavy (non-hydrogen) atoms. The lowest BCUT2D eigenvalue weighted by Crippen LogP contribution is -2.22. The number of nitrogens with one attached hydrogen (secondary N) is 1. The predicted octanol–water partition coefficient (Wildman–Crippen LogP) is 4.26. The molecule has 0 aliphatic heterocycles. The van der Waals surface area contributed by atoms with Gasteiger partial charge >= 0.3 is 11.9 Å². The first-order valence-corrected chi connectivity index (χ1v) is 11.3. The number of aromatic nitrogens is 1. The highest BCUT2D eigenvalue weighted by Crippen LogP contribution is 2.30. The molecule has 0 fully saturated rings. The number of thiophene rings is 1. The number of aryl methyl sites for hydroxylation is 2. The van der Waals surface area contributed by atoms with Crippen molar-refractivity contribution >= 4 is 52.2 Å². The van der Waals surface area contributed by atoms with Gasteiger partial charge in [-0.15, -0.1) is 11.3 Å². The van der Waals surface area contributed by atoms with Crippen molar-refractivity contribution in [2.45, 2.75) is 27.7 Å². The molecule has 1 amide bonds. The number of ketones is 1. The molecule has 11 heteroatoms. The molecule has 0 unspecified atom stereocenters. The third-order valence-corrected chi connectivity index (χ3v) is 6.12. The van der Waals surface area contributed by atoms with Gasteiger partial charge in [-0.25, -0.2) is 14.6 Å². The molecule has 0 saturated heterocycles. The highest BCUT2D eigenvalue weighted by atomic mass is 32.1. The van der Waals surface area contributed by atoms with Crippen LogP contribution in [-0.4, -0.2) is 41.8 Å². The number of nitrogens with zero attached hydrogens (tertiary/aromatic N) is 1. The fourth-order valence-corrected chi connectivity index (χ4v) is 4.58. The van der Waals surface area contributed by atoms with E-state index in [1.807, 2.05) is 16.8 Å². The molecule has 0 radical (unpaired) electrons. The Morgan fingerprint density at radius 1 is 1.12 bits per heavy atom. The first-order chi connectivity index (χ1) is 15.2. The number of hydrogen-bond donors (Lipinski definition) is 1. The van der Waals surface area contributed by atoms with Gasteiger partial charge in [0.25, 0.3) is 5.91 Å². The number of thiazole rings is 1. The Morgan fingerprint density at radius 2 is 1.88 bits per heavy atom. The Bertz CT molecular complexity index is 1180. The van der Waals surface area contributed by atoms with Crippen molar-refractivity contribution in [3.8, 4) is 10.6 Å². The summed E-state index contributed by atoms with van der Waals surface area (Å²) in [5.74, 6) is -2.73. The van der Waals surface area contributed by atoms with Gasteiger partial charge in [-0.1, -0.05) is 0 Å². The summed E-state index contributed by atoms with van der Waals surface area (Å²) in [6.45, 7) is 5.52. The van der Waals surface area contributed by atoms with Gasteiger partial charge in [0, 0.05) is 10.9 Å². The van der Waals surface area contributed by atoms with E-state index in [9.17, 15) is 19.2 Å². The van der Waals surface area contributed by atoms with Crippen LogP contribution in [0.3, 0.4) is 0 Å². The molecular formula is C21H20N2O7S2. The van der Waals surface area contributed by atoms with Crippen LogP contribution in [0.5, 0.6) is 0 Å². The maximum absolute atomic E-state index is 12.4. The van der Waals surface area contributed by atoms with E-state index in [0.717, 1.165) is 5.56 Å². The molecule has 0 atom stereocenters. The number of esters is 2. The topological polar surface area (TPSA) is 125 Å².